The van der Waals surface area contributed by atoms with E-state index >= 15 is 0 Å². The molecule has 3 heterocycles. The first-order valence-electron chi connectivity index (χ1n) is 13.2. The Morgan fingerprint density at radius 3 is 2.03 bits per heavy atom. The summed E-state index contributed by atoms with van der Waals surface area (Å²) in [5, 5.41) is 4.07. The zero-order chi connectivity index (χ0) is 24.4. The van der Waals surface area contributed by atoms with E-state index < -0.39 is 0 Å². The summed E-state index contributed by atoms with van der Waals surface area (Å²) in [4.78, 5) is 2.76. The van der Waals surface area contributed by atoms with Crippen molar-refractivity contribution in [2.24, 2.45) is 5.92 Å². The van der Waals surface area contributed by atoms with Gasteiger partial charge in [0.25, 0.3) is 0 Å². The van der Waals surface area contributed by atoms with Crippen LogP contribution >= 0.6 is 0 Å². The molecule has 35 heavy (non-hydrogen) atoms. The molecule has 0 radical (unpaired) electrons. The number of rotatable bonds is 7. The highest BCUT2D eigenvalue weighted by molar-refractivity contribution is 5.40. The van der Waals surface area contributed by atoms with Crippen LogP contribution in [0.2, 0.25) is 0 Å². The lowest BCUT2D eigenvalue weighted by Crippen LogP contribution is -2.64. The summed E-state index contributed by atoms with van der Waals surface area (Å²) >= 11 is 0. The quantitative estimate of drug-likeness (QED) is 0.436. The minimum Gasteiger partial charge on any atom is -0.496 e. The normalized spacial score (nSPS) is 24.0. The molecule has 3 heteroatoms. The van der Waals surface area contributed by atoms with Crippen molar-refractivity contribution in [3.8, 4) is 5.75 Å². The molecule has 184 valence electrons. The minimum atomic E-state index is 0.116. The standard InChI is InChI=1S/C32H40N2O/c1-32(2,3)27-15-16-28(35-4)26(21-27)22-33-30-25-17-19-34(20-18-25)31(30)29(23-11-7-5-8-12-23)24-13-9-6-10-14-24/h5-16,21,25,29-31,33H,17-20,22H2,1-4H3/t30?,31-/m0/s1. The van der Waals surface area contributed by atoms with Gasteiger partial charge in [-0.15, -0.1) is 0 Å². The van der Waals surface area contributed by atoms with Crippen molar-refractivity contribution in [3.05, 3.63) is 101 Å². The van der Waals surface area contributed by atoms with Crippen LogP contribution in [0.15, 0.2) is 78.9 Å². The van der Waals surface area contributed by atoms with Crippen LogP contribution in [-0.4, -0.2) is 37.2 Å². The Morgan fingerprint density at radius 1 is 0.886 bits per heavy atom. The maximum atomic E-state index is 5.78. The van der Waals surface area contributed by atoms with Gasteiger partial charge in [-0.25, -0.2) is 0 Å². The molecule has 3 aliphatic heterocycles. The van der Waals surface area contributed by atoms with E-state index in [0.717, 1.165) is 12.3 Å². The van der Waals surface area contributed by atoms with E-state index in [1.807, 2.05) is 0 Å². The van der Waals surface area contributed by atoms with E-state index in [2.05, 4.69) is 110 Å². The van der Waals surface area contributed by atoms with Gasteiger partial charge in [-0.3, -0.25) is 4.90 Å². The number of nitrogens with zero attached hydrogens (tertiary/aromatic N) is 1. The molecule has 0 amide bonds. The molecule has 3 saturated heterocycles. The van der Waals surface area contributed by atoms with Crippen molar-refractivity contribution in [2.45, 2.75) is 63.6 Å². The number of hydrogen-bond acceptors (Lipinski definition) is 3. The molecule has 3 fully saturated rings. The van der Waals surface area contributed by atoms with E-state index in [9.17, 15) is 0 Å². The Kier molecular flexibility index (Phi) is 7.00. The van der Waals surface area contributed by atoms with E-state index in [4.69, 9.17) is 4.74 Å². The van der Waals surface area contributed by atoms with Crippen LogP contribution in [0.1, 0.15) is 61.8 Å². The molecule has 1 unspecified atom stereocenters. The minimum absolute atomic E-state index is 0.116. The summed E-state index contributed by atoms with van der Waals surface area (Å²) in [7, 11) is 1.79. The van der Waals surface area contributed by atoms with Gasteiger partial charge in [0, 0.05) is 30.1 Å². The zero-order valence-electron chi connectivity index (χ0n) is 21.7. The van der Waals surface area contributed by atoms with Crippen LogP contribution in [0, 0.1) is 5.92 Å². The molecular weight excluding hydrogens is 428 g/mol. The Morgan fingerprint density at radius 2 is 1.49 bits per heavy atom. The van der Waals surface area contributed by atoms with Gasteiger partial charge in [0.2, 0.25) is 0 Å². The van der Waals surface area contributed by atoms with E-state index in [1.165, 1.54) is 48.2 Å². The summed E-state index contributed by atoms with van der Waals surface area (Å²) in [6, 6.07) is 29.8. The summed E-state index contributed by atoms with van der Waals surface area (Å²) in [6.07, 6.45) is 2.56. The molecule has 0 aromatic heterocycles. The van der Waals surface area contributed by atoms with Gasteiger partial charge >= 0.3 is 0 Å². The van der Waals surface area contributed by atoms with Crippen molar-refractivity contribution in [3.63, 3.8) is 0 Å². The molecular formula is C32H40N2O. The Hall–Kier alpha value is -2.62. The van der Waals surface area contributed by atoms with Crippen molar-refractivity contribution < 1.29 is 4.74 Å². The molecule has 0 saturated carbocycles. The number of piperidine rings is 3. The molecule has 1 N–H and O–H groups in total. The lowest BCUT2D eigenvalue weighted by atomic mass is 9.70. The predicted octanol–water partition coefficient (Wildman–Crippen LogP) is 6.38. The van der Waals surface area contributed by atoms with Crippen LogP contribution in [0.4, 0.5) is 0 Å². The number of benzene rings is 3. The van der Waals surface area contributed by atoms with Gasteiger partial charge in [-0.1, -0.05) is 93.6 Å². The molecule has 2 bridgehead atoms. The molecule has 2 atom stereocenters. The largest absolute Gasteiger partial charge is 0.496 e. The van der Waals surface area contributed by atoms with Crippen LogP contribution in [-0.2, 0) is 12.0 Å². The third-order valence-electron chi connectivity index (χ3n) is 8.21. The third-order valence-corrected chi connectivity index (χ3v) is 8.21. The average molecular weight is 469 g/mol. The molecule has 6 rings (SSSR count). The Balaban J connectivity index is 1.48. The summed E-state index contributed by atoms with van der Waals surface area (Å²) in [6.45, 7) is 10.1. The highest BCUT2D eigenvalue weighted by atomic mass is 16.5. The highest BCUT2D eigenvalue weighted by Gasteiger charge is 2.46. The lowest BCUT2D eigenvalue weighted by Gasteiger charge is -2.54. The van der Waals surface area contributed by atoms with E-state index in [-0.39, 0.29) is 5.41 Å². The molecule has 3 aliphatic rings. The van der Waals surface area contributed by atoms with Gasteiger partial charge in [0.15, 0.2) is 0 Å². The number of fused-ring (bicyclic) bond motifs is 3. The summed E-state index contributed by atoms with van der Waals surface area (Å²) < 4.78 is 5.78. The molecule has 0 aliphatic carbocycles. The number of hydrogen-bond donors (Lipinski definition) is 1. The first-order valence-corrected chi connectivity index (χ1v) is 13.2. The van der Waals surface area contributed by atoms with Crippen LogP contribution in [0.3, 0.4) is 0 Å². The highest BCUT2D eigenvalue weighted by Crippen LogP contribution is 2.42. The second-order valence-electron chi connectivity index (χ2n) is 11.3. The summed E-state index contributed by atoms with van der Waals surface area (Å²) in [5.74, 6) is 2.03. The van der Waals surface area contributed by atoms with Gasteiger partial charge < -0.3 is 10.1 Å². The van der Waals surface area contributed by atoms with Gasteiger partial charge in [-0.2, -0.15) is 0 Å². The number of nitrogens with one attached hydrogen (secondary N) is 1. The molecule has 3 aromatic carbocycles. The molecule has 0 spiro atoms. The SMILES string of the molecule is COc1ccc(C(C)(C)C)cc1CNC1C2CCN(CC2)[C@H]1C(c1ccccc1)c1ccccc1. The fraction of sp³-hybridized carbons (Fsp3) is 0.438. The van der Waals surface area contributed by atoms with Gasteiger partial charge in [-0.05, 0) is 60.0 Å². The number of methoxy groups -OCH3 is 1. The van der Waals surface area contributed by atoms with Crippen LogP contribution in [0.25, 0.3) is 0 Å². The van der Waals surface area contributed by atoms with E-state index in [0.29, 0.717) is 23.9 Å². The first-order chi connectivity index (χ1) is 17.0. The Bertz CT molecular complexity index is 1060. The number of ether oxygens (including phenoxy) is 1. The summed E-state index contributed by atoms with van der Waals surface area (Å²) in [5.41, 5.74) is 5.55. The van der Waals surface area contributed by atoms with Crippen molar-refractivity contribution >= 4 is 0 Å². The third kappa shape index (κ3) is 5.03. The molecule has 3 aromatic rings. The fourth-order valence-corrected chi connectivity index (χ4v) is 6.31. The van der Waals surface area contributed by atoms with Crippen molar-refractivity contribution in [2.75, 3.05) is 20.2 Å². The fourth-order valence-electron chi connectivity index (χ4n) is 6.31. The van der Waals surface area contributed by atoms with Crippen molar-refractivity contribution in [1.29, 1.82) is 0 Å². The van der Waals surface area contributed by atoms with E-state index in [1.54, 1.807) is 7.11 Å². The Labute approximate surface area is 211 Å². The van der Waals surface area contributed by atoms with Gasteiger partial charge in [0.1, 0.15) is 5.75 Å². The smallest absolute Gasteiger partial charge is 0.123 e. The second kappa shape index (κ2) is 10.2. The molecule has 3 nitrogen and oxygen atoms in total. The first kappa shape index (κ1) is 24.1. The predicted molar refractivity (Wildman–Crippen MR) is 145 cm³/mol. The van der Waals surface area contributed by atoms with Crippen LogP contribution in [0.5, 0.6) is 5.75 Å². The van der Waals surface area contributed by atoms with Crippen molar-refractivity contribution in [1.82, 2.24) is 10.2 Å². The topological polar surface area (TPSA) is 24.5 Å². The zero-order valence-corrected chi connectivity index (χ0v) is 21.7. The van der Waals surface area contributed by atoms with Crippen LogP contribution < -0.4 is 10.1 Å². The average Bonchev–Trinajstić information content (AvgIpc) is 2.89. The van der Waals surface area contributed by atoms with Gasteiger partial charge in [0.05, 0.1) is 7.11 Å². The monoisotopic (exact) mass is 468 g/mol. The maximum Gasteiger partial charge on any atom is 0.123 e. The maximum absolute atomic E-state index is 5.78. The lowest BCUT2D eigenvalue weighted by molar-refractivity contribution is 0.00462. The second-order valence-corrected chi connectivity index (χ2v) is 11.3.